The molecule has 2 N–H and O–H groups in total. The van der Waals surface area contributed by atoms with Crippen molar-refractivity contribution in [3.8, 4) is 0 Å². The molecule has 138 valence electrons. The number of rotatable bonds is 5. The molecular formula is C17H16BCl2N5O2. The molecule has 0 bridgehead atoms. The van der Waals surface area contributed by atoms with Crippen LogP contribution in [0, 0.1) is 0 Å². The third kappa shape index (κ3) is 4.99. The molecule has 1 aromatic heterocycles. The number of nitrogens with one attached hydrogen (secondary N) is 2. The van der Waals surface area contributed by atoms with Gasteiger partial charge in [0.1, 0.15) is 5.82 Å². The predicted molar refractivity (Wildman–Crippen MR) is 110 cm³/mol. The molecular weight excluding hydrogens is 388 g/mol. The van der Waals surface area contributed by atoms with E-state index in [1.54, 1.807) is 24.3 Å². The van der Waals surface area contributed by atoms with E-state index in [9.17, 15) is 9.59 Å². The van der Waals surface area contributed by atoms with Crippen molar-refractivity contribution in [2.75, 3.05) is 30.8 Å². The Labute approximate surface area is 167 Å². The SMILES string of the molecule is CN1CCN=C1BC(=O)Nc1ccc(Cl)cc1C(=O)Nc1ccc(Cl)cn1. The Balaban J connectivity index is 1.75. The van der Waals surface area contributed by atoms with Gasteiger partial charge in [-0.05, 0) is 30.3 Å². The van der Waals surface area contributed by atoms with Gasteiger partial charge in [0.25, 0.3) is 5.91 Å². The lowest BCUT2D eigenvalue weighted by atomic mass is 9.75. The number of aliphatic imine (C=N–C) groups is 1. The number of likely N-dealkylation sites (N-methyl/N-ethyl adjacent to an activating group) is 1. The summed E-state index contributed by atoms with van der Waals surface area (Å²) in [6, 6.07) is 7.88. The Bertz CT molecular complexity index is 905. The summed E-state index contributed by atoms with van der Waals surface area (Å²) in [6.07, 6.45) is 1.43. The van der Waals surface area contributed by atoms with Gasteiger partial charge in [0.05, 0.1) is 28.6 Å². The van der Waals surface area contributed by atoms with Crippen molar-refractivity contribution in [2.45, 2.75) is 0 Å². The van der Waals surface area contributed by atoms with Crippen LogP contribution in [0.4, 0.5) is 16.3 Å². The zero-order valence-electron chi connectivity index (χ0n) is 14.5. The quantitative estimate of drug-likeness (QED) is 0.751. The number of benzene rings is 1. The summed E-state index contributed by atoms with van der Waals surface area (Å²) in [6.45, 7) is 1.48. The molecule has 1 aromatic carbocycles. The molecule has 0 saturated carbocycles. The van der Waals surface area contributed by atoms with Crippen LogP contribution in [0.15, 0.2) is 41.5 Å². The Morgan fingerprint density at radius 1 is 1.15 bits per heavy atom. The highest BCUT2D eigenvalue weighted by atomic mass is 35.5. The van der Waals surface area contributed by atoms with Crippen LogP contribution in [-0.2, 0) is 0 Å². The predicted octanol–water partition coefficient (Wildman–Crippen LogP) is 2.91. The maximum atomic E-state index is 12.6. The number of halogens is 2. The summed E-state index contributed by atoms with van der Waals surface area (Å²) in [5.41, 5.74) is 1.31. The summed E-state index contributed by atoms with van der Waals surface area (Å²) < 4.78 is 0. The largest absolute Gasteiger partial charge is 0.369 e. The lowest BCUT2D eigenvalue weighted by Crippen LogP contribution is -2.34. The summed E-state index contributed by atoms with van der Waals surface area (Å²) in [4.78, 5) is 35.2. The van der Waals surface area contributed by atoms with Crippen LogP contribution in [-0.4, -0.2) is 54.7 Å². The van der Waals surface area contributed by atoms with Gasteiger partial charge in [0, 0.05) is 24.8 Å². The van der Waals surface area contributed by atoms with Gasteiger partial charge in [-0.3, -0.25) is 14.6 Å². The van der Waals surface area contributed by atoms with Crippen molar-refractivity contribution in [2.24, 2.45) is 4.99 Å². The fourth-order valence-corrected chi connectivity index (χ4v) is 2.84. The first-order valence-corrected chi connectivity index (χ1v) is 8.95. The number of anilines is 2. The van der Waals surface area contributed by atoms with E-state index in [-0.39, 0.29) is 18.6 Å². The number of nitrogens with zero attached hydrogens (tertiary/aromatic N) is 3. The number of carbonyl (C=O) groups excluding carboxylic acids is 2. The second kappa shape index (κ2) is 8.41. The Hall–Kier alpha value is -2.58. The maximum absolute atomic E-state index is 12.6. The molecule has 10 heteroatoms. The zero-order valence-corrected chi connectivity index (χ0v) is 16.0. The average Bonchev–Trinajstić information content (AvgIpc) is 3.03. The summed E-state index contributed by atoms with van der Waals surface area (Å²) in [7, 11) is 2.03. The standard InChI is InChI=1S/C17H16BCl2N5O2/c1-25-7-6-21-16(25)18-17(27)23-13-4-2-10(19)8-12(13)15(26)24-14-5-3-11(20)9-22-14/h2-5,8-9,18H,6-7H2,1H3,(H,23,27)(H,22,24,26). The highest BCUT2D eigenvalue weighted by Gasteiger charge is 2.20. The summed E-state index contributed by atoms with van der Waals surface area (Å²) >= 11 is 11.8. The van der Waals surface area contributed by atoms with Gasteiger partial charge in [0.2, 0.25) is 0 Å². The van der Waals surface area contributed by atoms with Crippen LogP contribution in [0.25, 0.3) is 0 Å². The average molecular weight is 404 g/mol. The fourth-order valence-electron chi connectivity index (χ4n) is 2.55. The highest BCUT2D eigenvalue weighted by Crippen LogP contribution is 2.22. The first-order valence-electron chi connectivity index (χ1n) is 8.19. The highest BCUT2D eigenvalue weighted by molar-refractivity contribution is 6.98. The van der Waals surface area contributed by atoms with Crippen molar-refractivity contribution in [3.05, 3.63) is 52.1 Å². The normalized spacial score (nSPS) is 13.1. The first kappa shape index (κ1) is 19.2. The molecule has 3 rings (SSSR count). The third-order valence-electron chi connectivity index (χ3n) is 3.96. The number of aromatic nitrogens is 1. The minimum atomic E-state index is -0.446. The Morgan fingerprint density at radius 3 is 2.59 bits per heavy atom. The monoisotopic (exact) mass is 403 g/mol. The summed E-state index contributed by atoms with van der Waals surface area (Å²) in [5, 5.41) is 6.25. The minimum absolute atomic E-state index is 0.138. The molecule has 1 aliphatic rings. The Kier molecular flexibility index (Phi) is 5.98. The number of hydrogen-bond donors (Lipinski definition) is 2. The van der Waals surface area contributed by atoms with Crippen LogP contribution < -0.4 is 10.6 Å². The van der Waals surface area contributed by atoms with E-state index >= 15 is 0 Å². The molecule has 1 aliphatic heterocycles. The van der Waals surface area contributed by atoms with Gasteiger partial charge in [0.15, 0.2) is 5.81 Å². The molecule has 0 aliphatic carbocycles. The summed E-state index contributed by atoms with van der Waals surface area (Å²) in [5.74, 6) is -0.370. The van der Waals surface area contributed by atoms with Crippen molar-refractivity contribution in [1.29, 1.82) is 0 Å². The number of carbonyl (C=O) groups is 2. The molecule has 0 radical (unpaired) electrons. The fraction of sp³-hybridized carbons (Fsp3) is 0.176. The van der Waals surface area contributed by atoms with Gasteiger partial charge >= 0.3 is 7.28 Å². The van der Waals surface area contributed by atoms with Gasteiger partial charge in [-0.1, -0.05) is 23.2 Å². The van der Waals surface area contributed by atoms with Crippen molar-refractivity contribution in [1.82, 2.24) is 9.88 Å². The minimum Gasteiger partial charge on any atom is -0.369 e. The molecule has 0 atom stereocenters. The molecule has 27 heavy (non-hydrogen) atoms. The van der Waals surface area contributed by atoms with E-state index in [0.29, 0.717) is 28.1 Å². The number of amidine groups is 1. The van der Waals surface area contributed by atoms with E-state index in [1.165, 1.54) is 12.3 Å². The van der Waals surface area contributed by atoms with Crippen molar-refractivity contribution >= 4 is 59.4 Å². The molecule has 0 spiro atoms. The van der Waals surface area contributed by atoms with Gasteiger partial charge < -0.3 is 15.5 Å². The van der Waals surface area contributed by atoms with E-state index in [1.807, 2.05) is 11.9 Å². The number of amides is 2. The molecule has 2 amide bonds. The molecule has 7 nitrogen and oxygen atoms in total. The maximum Gasteiger partial charge on any atom is 0.311 e. The lowest BCUT2D eigenvalue weighted by molar-refractivity contribution is 0.102. The van der Waals surface area contributed by atoms with Gasteiger partial charge in [-0.2, -0.15) is 0 Å². The van der Waals surface area contributed by atoms with E-state index < -0.39 is 5.91 Å². The van der Waals surface area contributed by atoms with Gasteiger partial charge in [-0.15, -0.1) is 0 Å². The molecule has 0 fully saturated rings. The number of hydrogen-bond acceptors (Lipinski definition) is 5. The number of pyridine rings is 1. The smallest absolute Gasteiger partial charge is 0.311 e. The van der Waals surface area contributed by atoms with Crippen LogP contribution in [0.3, 0.4) is 0 Å². The second-order valence-electron chi connectivity index (χ2n) is 5.95. The third-order valence-corrected chi connectivity index (χ3v) is 4.42. The van der Waals surface area contributed by atoms with E-state index in [2.05, 4.69) is 20.6 Å². The first-order chi connectivity index (χ1) is 12.9. The molecule has 2 aromatic rings. The van der Waals surface area contributed by atoms with Crippen molar-refractivity contribution < 1.29 is 9.59 Å². The van der Waals surface area contributed by atoms with Crippen LogP contribution >= 0.6 is 23.2 Å². The topological polar surface area (TPSA) is 86.7 Å². The molecule has 0 saturated heterocycles. The molecule has 2 heterocycles. The second-order valence-corrected chi connectivity index (χ2v) is 6.82. The van der Waals surface area contributed by atoms with Crippen molar-refractivity contribution in [3.63, 3.8) is 0 Å². The zero-order chi connectivity index (χ0) is 19.4. The van der Waals surface area contributed by atoms with Crippen LogP contribution in [0.2, 0.25) is 10.0 Å². The van der Waals surface area contributed by atoms with E-state index in [4.69, 9.17) is 23.2 Å². The Morgan fingerprint density at radius 2 is 1.93 bits per heavy atom. The van der Waals surface area contributed by atoms with Crippen LogP contribution in [0.5, 0.6) is 0 Å². The molecule has 0 unspecified atom stereocenters. The van der Waals surface area contributed by atoms with Gasteiger partial charge in [-0.25, -0.2) is 4.98 Å². The lowest BCUT2D eigenvalue weighted by Gasteiger charge is -2.14. The van der Waals surface area contributed by atoms with Crippen LogP contribution in [0.1, 0.15) is 10.4 Å². The van der Waals surface area contributed by atoms with E-state index in [0.717, 1.165) is 12.3 Å².